The van der Waals surface area contributed by atoms with Crippen molar-refractivity contribution in [3.8, 4) is 17.2 Å². The van der Waals surface area contributed by atoms with Crippen molar-refractivity contribution in [2.75, 3.05) is 57.4 Å². The minimum atomic E-state index is 0.467. The first-order valence-electron chi connectivity index (χ1n) is 12.1. The van der Waals surface area contributed by atoms with Gasteiger partial charge in [-0.1, -0.05) is 19.9 Å². The molecule has 0 aliphatic carbocycles. The third kappa shape index (κ3) is 5.20. The van der Waals surface area contributed by atoms with Crippen LogP contribution in [0.2, 0.25) is 0 Å². The Morgan fingerprint density at radius 2 is 1.88 bits per heavy atom. The highest BCUT2D eigenvalue weighted by atomic mass is 32.1. The Balaban J connectivity index is 1.04. The van der Waals surface area contributed by atoms with E-state index in [0.29, 0.717) is 19.1 Å². The van der Waals surface area contributed by atoms with Crippen molar-refractivity contribution >= 4 is 27.2 Å². The van der Waals surface area contributed by atoms with E-state index in [0.717, 1.165) is 80.6 Å². The highest BCUT2D eigenvalue weighted by Gasteiger charge is 2.23. The zero-order chi connectivity index (χ0) is 22.6. The van der Waals surface area contributed by atoms with Crippen LogP contribution < -0.4 is 19.1 Å². The van der Waals surface area contributed by atoms with Crippen LogP contribution in [0, 0.1) is 0 Å². The Morgan fingerprint density at radius 1 is 1.03 bits per heavy atom. The summed E-state index contributed by atoms with van der Waals surface area (Å²) in [7, 11) is 0. The number of nitrogens with zero attached hydrogens (tertiary/aromatic N) is 3. The molecule has 176 valence electrons. The molecule has 0 amide bonds. The minimum Gasteiger partial charge on any atom is -0.494 e. The van der Waals surface area contributed by atoms with Gasteiger partial charge in [0.25, 0.3) is 0 Å². The maximum absolute atomic E-state index is 6.01. The molecule has 1 saturated heterocycles. The maximum atomic E-state index is 6.01. The van der Waals surface area contributed by atoms with Crippen molar-refractivity contribution < 1.29 is 14.2 Å². The van der Waals surface area contributed by atoms with E-state index in [4.69, 9.17) is 19.2 Å². The van der Waals surface area contributed by atoms with E-state index in [2.05, 4.69) is 54.0 Å². The Bertz CT molecular complexity index is 1080. The zero-order valence-corrected chi connectivity index (χ0v) is 20.4. The number of aromatic nitrogens is 1. The summed E-state index contributed by atoms with van der Waals surface area (Å²) in [5.41, 5.74) is 2.22. The number of hydrogen-bond donors (Lipinski definition) is 0. The molecule has 0 atom stereocenters. The first-order chi connectivity index (χ1) is 16.2. The van der Waals surface area contributed by atoms with Crippen molar-refractivity contribution in [3.63, 3.8) is 0 Å². The van der Waals surface area contributed by atoms with Crippen LogP contribution in [0.4, 0.5) is 5.69 Å². The normalized spacial score (nSPS) is 16.5. The average molecular weight is 468 g/mol. The van der Waals surface area contributed by atoms with Gasteiger partial charge >= 0.3 is 0 Å². The van der Waals surface area contributed by atoms with E-state index in [1.54, 1.807) is 11.3 Å². The number of anilines is 1. The summed E-state index contributed by atoms with van der Waals surface area (Å²) in [6, 6.07) is 12.5. The fraction of sp³-hybridized carbons (Fsp3) is 0.500. The summed E-state index contributed by atoms with van der Waals surface area (Å²) in [5.74, 6) is 3.17. The third-order valence-electron chi connectivity index (χ3n) is 6.27. The molecular formula is C26H33N3O3S. The largest absolute Gasteiger partial charge is 0.494 e. The lowest BCUT2D eigenvalue weighted by Crippen LogP contribution is -2.46. The van der Waals surface area contributed by atoms with Crippen LogP contribution >= 0.6 is 11.3 Å². The second kappa shape index (κ2) is 10.2. The predicted octanol–water partition coefficient (Wildman–Crippen LogP) is 5.17. The van der Waals surface area contributed by atoms with Gasteiger partial charge in [-0.3, -0.25) is 4.90 Å². The molecule has 7 heteroatoms. The molecule has 0 saturated carbocycles. The maximum Gasteiger partial charge on any atom is 0.184 e. The van der Waals surface area contributed by atoms with Gasteiger partial charge in [0, 0.05) is 38.2 Å². The first kappa shape index (κ1) is 22.3. The number of para-hydroxylation sites is 1. The quantitative estimate of drug-likeness (QED) is 0.426. The van der Waals surface area contributed by atoms with Crippen LogP contribution in [0.5, 0.6) is 17.2 Å². The molecule has 0 radical (unpaired) electrons. The molecule has 0 N–H and O–H groups in total. The molecule has 0 spiro atoms. The molecule has 2 aliphatic rings. The van der Waals surface area contributed by atoms with E-state index in [1.807, 2.05) is 6.07 Å². The lowest BCUT2D eigenvalue weighted by atomic mass is 10.2. The summed E-state index contributed by atoms with van der Waals surface area (Å²) in [6.45, 7) is 11.7. The Morgan fingerprint density at radius 3 is 2.73 bits per heavy atom. The van der Waals surface area contributed by atoms with Crippen molar-refractivity contribution in [3.05, 3.63) is 41.4 Å². The van der Waals surface area contributed by atoms with Gasteiger partial charge < -0.3 is 19.1 Å². The fourth-order valence-electron chi connectivity index (χ4n) is 4.41. The molecule has 2 aromatic carbocycles. The van der Waals surface area contributed by atoms with Crippen molar-refractivity contribution in [2.24, 2.45) is 0 Å². The SMILES string of the molecule is CC(C)c1nc2cc(OCCCCN3CCN(c4cccc5c4OCCO5)CC3)ccc2s1. The van der Waals surface area contributed by atoms with E-state index >= 15 is 0 Å². The smallest absolute Gasteiger partial charge is 0.184 e. The van der Waals surface area contributed by atoms with Crippen molar-refractivity contribution in [1.82, 2.24) is 9.88 Å². The van der Waals surface area contributed by atoms with Gasteiger partial charge in [0.05, 0.1) is 27.5 Å². The van der Waals surface area contributed by atoms with Crippen LogP contribution in [0.3, 0.4) is 0 Å². The van der Waals surface area contributed by atoms with E-state index < -0.39 is 0 Å². The van der Waals surface area contributed by atoms with Crippen LogP contribution in [0.15, 0.2) is 36.4 Å². The summed E-state index contributed by atoms with van der Waals surface area (Å²) in [5, 5.41) is 1.19. The molecular weight excluding hydrogens is 434 g/mol. The molecule has 6 nitrogen and oxygen atoms in total. The Kier molecular flexibility index (Phi) is 6.88. The summed E-state index contributed by atoms with van der Waals surface area (Å²) < 4.78 is 18.9. The van der Waals surface area contributed by atoms with Gasteiger partial charge in [-0.25, -0.2) is 4.98 Å². The van der Waals surface area contributed by atoms with Gasteiger partial charge in [0.15, 0.2) is 11.5 Å². The molecule has 33 heavy (non-hydrogen) atoms. The topological polar surface area (TPSA) is 47.1 Å². The average Bonchev–Trinajstić information content (AvgIpc) is 3.28. The van der Waals surface area contributed by atoms with Gasteiger partial charge in [-0.2, -0.15) is 0 Å². The highest BCUT2D eigenvalue weighted by molar-refractivity contribution is 7.18. The number of ether oxygens (including phenoxy) is 3. The summed E-state index contributed by atoms with van der Waals surface area (Å²) in [4.78, 5) is 9.72. The van der Waals surface area contributed by atoms with E-state index in [9.17, 15) is 0 Å². The second-order valence-corrected chi connectivity index (χ2v) is 10.1. The van der Waals surface area contributed by atoms with Crippen LogP contribution in [0.25, 0.3) is 10.2 Å². The molecule has 1 aromatic heterocycles. The number of unbranched alkanes of at least 4 members (excludes halogenated alkanes) is 1. The number of piperazine rings is 1. The van der Waals surface area contributed by atoms with Crippen LogP contribution in [-0.4, -0.2) is 62.4 Å². The number of thiazole rings is 1. The standard InChI is InChI=1S/C26H33N3O3S/c1-19(2)26-27-21-18-20(8-9-24(21)33-26)30-15-4-3-10-28-11-13-29(14-12-28)22-6-5-7-23-25(22)32-17-16-31-23/h5-9,18-19H,3-4,10-17H2,1-2H3. The van der Waals surface area contributed by atoms with Crippen molar-refractivity contribution in [1.29, 1.82) is 0 Å². The second-order valence-electron chi connectivity index (χ2n) is 9.02. The molecule has 0 unspecified atom stereocenters. The molecule has 2 aliphatic heterocycles. The summed E-state index contributed by atoms with van der Waals surface area (Å²) >= 11 is 1.78. The zero-order valence-electron chi connectivity index (χ0n) is 19.6. The predicted molar refractivity (Wildman–Crippen MR) is 135 cm³/mol. The van der Waals surface area contributed by atoms with Gasteiger partial charge in [0.1, 0.15) is 19.0 Å². The van der Waals surface area contributed by atoms with E-state index in [-0.39, 0.29) is 0 Å². The lowest BCUT2D eigenvalue weighted by molar-refractivity contribution is 0.171. The minimum absolute atomic E-state index is 0.467. The molecule has 3 heterocycles. The van der Waals surface area contributed by atoms with Crippen LogP contribution in [0.1, 0.15) is 37.6 Å². The van der Waals surface area contributed by atoms with Gasteiger partial charge in [0.2, 0.25) is 0 Å². The van der Waals surface area contributed by atoms with Crippen LogP contribution in [-0.2, 0) is 0 Å². The van der Waals surface area contributed by atoms with Gasteiger partial charge in [-0.05, 0) is 43.7 Å². The number of hydrogen-bond acceptors (Lipinski definition) is 7. The lowest BCUT2D eigenvalue weighted by Gasteiger charge is -2.37. The highest BCUT2D eigenvalue weighted by Crippen LogP contribution is 2.39. The molecule has 3 aromatic rings. The third-order valence-corrected chi connectivity index (χ3v) is 7.60. The van der Waals surface area contributed by atoms with Crippen molar-refractivity contribution in [2.45, 2.75) is 32.6 Å². The first-order valence-corrected chi connectivity index (χ1v) is 12.9. The Labute approximate surface area is 200 Å². The number of fused-ring (bicyclic) bond motifs is 2. The molecule has 0 bridgehead atoms. The number of benzene rings is 2. The Hall–Kier alpha value is -2.51. The molecule has 1 fully saturated rings. The monoisotopic (exact) mass is 467 g/mol. The number of rotatable bonds is 8. The summed E-state index contributed by atoms with van der Waals surface area (Å²) in [6.07, 6.45) is 2.21. The fourth-order valence-corrected chi connectivity index (χ4v) is 5.36. The van der Waals surface area contributed by atoms with Gasteiger partial charge in [-0.15, -0.1) is 11.3 Å². The molecule has 5 rings (SSSR count). The van der Waals surface area contributed by atoms with E-state index in [1.165, 1.54) is 9.71 Å².